The molecule has 1 aliphatic carbocycles. The molecule has 1 unspecified atom stereocenters. The molecule has 0 spiro atoms. The first-order valence-electron chi connectivity index (χ1n) is 6.55. The minimum atomic E-state index is -0.896. The fourth-order valence-electron chi connectivity index (χ4n) is 2.79. The summed E-state index contributed by atoms with van der Waals surface area (Å²) in [4.78, 5) is 34.1. The van der Waals surface area contributed by atoms with Crippen molar-refractivity contribution in [1.29, 1.82) is 0 Å². The zero-order chi connectivity index (χ0) is 13.9. The summed E-state index contributed by atoms with van der Waals surface area (Å²) in [7, 11) is 0. The summed E-state index contributed by atoms with van der Waals surface area (Å²) in [5, 5.41) is 17.3. The Morgan fingerprint density at radius 2 is 2.05 bits per heavy atom. The van der Waals surface area contributed by atoms with Gasteiger partial charge in [-0.3, -0.25) is 19.7 Å². The summed E-state index contributed by atoms with van der Waals surface area (Å²) in [6.07, 6.45) is 3.22. The zero-order valence-electron chi connectivity index (χ0n) is 10.7. The van der Waals surface area contributed by atoms with Crippen LogP contribution in [0.15, 0.2) is 0 Å². The zero-order valence-corrected chi connectivity index (χ0v) is 10.7. The lowest BCUT2D eigenvalue weighted by Crippen LogP contribution is -2.61. The lowest BCUT2D eigenvalue weighted by atomic mass is 9.92. The van der Waals surface area contributed by atoms with E-state index in [1.165, 1.54) is 0 Å². The van der Waals surface area contributed by atoms with Crippen molar-refractivity contribution in [2.75, 3.05) is 13.1 Å². The van der Waals surface area contributed by atoms with Gasteiger partial charge in [-0.25, -0.2) is 0 Å². The molecule has 1 aliphatic heterocycles. The van der Waals surface area contributed by atoms with Crippen molar-refractivity contribution >= 4 is 17.8 Å². The Morgan fingerprint density at radius 3 is 2.58 bits per heavy atom. The van der Waals surface area contributed by atoms with Crippen LogP contribution in [0.5, 0.6) is 0 Å². The first-order valence-corrected chi connectivity index (χ1v) is 6.55. The minimum Gasteiger partial charge on any atom is -0.481 e. The van der Waals surface area contributed by atoms with Crippen LogP contribution >= 0.6 is 0 Å². The van der Waals surface area contributed by atoms with E-state index in [0.717, 1.165) is 12.8 Å². The van der Waals surface area contributed by atoms with Gasteiger partial charge in [-0.2, -0.15) is 0 Å². The number of carboxylic acid groups (broad SMARTS) is 1. The van der Waals surface area contributed by atoms with Gasteiger partial charge in [0.15, 0.2) is 0 Å². The quantitative estimate of drug-likeness (QED) is 0.522. The van der Waals surface area contributed by atoms with Gasteiger partial charge in [-0.1, -0.05) is 12.8 Å². The highest BCUT2D eigenvalue weighted by Crippen LogP contribution is 2.32. The SMILES string of the molecule is O=C(O)CC1(NC(=O)C2CNC(=O)CN2)CCCC1. The molecule has 7 nitrogen and oxygen atoms in total. The van der Waals surface area contributed by atoms with Crippen LogP contribution in [0.1, 0.15) is 32.1 Å². The van der Waals surface area contributed by atoms with Crippen molar-refractivity contribution in [3.05, 3.63) is 0 Å². The fraction of sp³-hybridized carbons (Fsp3) is 0.750. The standard InChI is InChI=1S/C12H19N3O4/c16-9-7-13-8(6-14-9)11(19)15-12(5-10(17)18)3-1-2-4-12/h8,13H,1-7H2,(H,14,16)(H,15,19)(H,17,18). The first-order chi connectivity index (χ1) is 9.01. The maximum absolute atomic E-state index is 12.1. The molecule has 1 atom stereocenters. The van der Waals surface area contributed by atoms with Crippen LogP contribution in [0.25, 0.3) is 0 Å². The van der Waals surface area contributed by atoms with Crippen LogP contribution in [-0.2, 0) is 14.4 Å². The van der Waals surface area contributed by atoms with Gasteiger partial charge in [0.2, 0.25) is 11.8 Å². The van der Waals surface area contributed by atoms with E-state index in [2.05, 4.69) is 16.0 Å². The number of hydrogen-bond acceptors (Lipinski definition) is 4. The molecule has 4 N–H and O–H groups in total. The molecule has 2 fully saturated rings. The molecule has 106 valence electrons. The van der Waals surface area contributed by atoms with Gasteiger partial charge in [0.05, 0.1) is 18.5 Å². The maximum atomic E-state index is 12.1. The lowest BCUT2D eigenvalue weighted by molar-refractivity contribution is -0.139. The molecule has 0 aromatic heterocycles. The van der Waals surface area contributed by atoms with Gasteiger partial charge >= 0.3 is 5.97 Å². The molecule has 19 heavy (non-hydrogen) atoms. The number of carbonyl (C=O) groups excluding carboxylic acids is 2. The third kappa shape index (κ3) is 3.44. The Kier molecular flexibility index (Phi) is 4.04. The summed E-state index contributed by atoms with van der Waals surface area (Å²) in [6.45, 7) is 0.359. The summed E-state index contributed by atoms with van der Waals surface area (Å²) in [5.41, 5.74) is -0.619. The van der Waals surface area contributed by atoms with Crippen molar-refractivity contribution in [2.24, 2.45) is 0 Å². The molecule has 0 radical (unpaired) electrons. The van der Waals surface area contributed by atoms with Crippen LogP contribution in [0.3, 0.4) is 0 Å². The van der Waals surface area contributed by atoms with Gasteiger partial charge in [-0.05, 0) is 12.8 Å². The number of rotatable bonds is 4. The molecule has 0 aromatic carbocycles. The van der Waals surface area contributed by atoms with Crippen LogP contribution in [-0.4, -0.2) is 47.6 Å². The van der Waals surface area contributed by atoms with Crippen molar-refractivity contribution in [1.82, 2.24) is 16.0 Å². The Hall–Kier alpha value is -1.63. The first kappa shape index (κ1) is 13.8. The van der Waals surface area contributed by atoms with Crippen LogP contribution in [0, 0.1) is 0 Å². The van der Waals surface area contributed by atoms with Crippen molar-refractivity contribution < 1.29 is 19.5 Å². The highest BCUT2D eigenvalue weighted by atomic mass is 16.4. The van der Waals surface area contributed by atoms with Crippen LogP contribution in [0.2, 0.25) is 0 Å². The number of amides is 2. The van der Waals surface area contributed by atoms with E-state index >= 15 is 0 Å². The largest absolute Gasteiger partial charge is 0.481 e. The molecule has 2 rings (SSSR count). The Bertz CT molecular complexity index is 380. The van der Waals surface area contributed by atoms with Gasteiger partial charge < -0.3 is 15.7 Å². The number of aliphatic carboxylic acids is 1. The smallest absolute Gasteiger partial charge is 0.305 e. The Labute approximate surface area is 111 Å². The topological polar surface area (TPSA) is 108 Å². The molecule has 1 heterocycles. The molecule has 0 bridgehead atoms. The molecule has 7 heteroatoms. The number of nitrogens with one attached hydrogen (secondary N) is 3. The minimum absolute atomic E-state index is 0.0438. The molecular weight excluding hydrogens is 250 g/mol. The predicted octanol–water partition coefficient (Wildman–Crippen LogP) is -1.02. The van der Waals surface area contributed by atoms with Gasteiger partial charge in [0.25, 0.3) is 0 Å². The monoisotopic (exact) mass is 269 g/mol. The Balaban J connectivity index is 1.95. The van der Waals surface area contributed by atoms with Crippen molar-refractivity contribution in [3.8, 4) is 0 Å². The summed E-state index contributed by atoms with van der Waals surface area (Å²) >= 11 is 0. The second-order valence-corrected chi connectivity index (χ2v) is 5.28. The summed E-state index contributed by atoms with van der Waals surface area (Å²) in [5.74, 6) is -1.26. The van der Waals surface area contributed by atoms with Crippen LogP contribution < -0.4 is 16.0 Å². The average Bonchev–Trinajstić information content (AvgIpc) is 2.77. The van der Waals surface area contributed by atoms with Gasteiger partial charge in [0, 0.05) is 6.54 Å². The van der Waals surface area contributed by atoms with E-state index in [-0.39, 0.29) is 31.3 Å². The van der Waals surface area contributed by atoms with E-state index in [1.54, 1.807) is 0 Å². The second kappa shape index (κ2) is 5.56. The lowest BCUT2D eigenvalue weighted by Gasteiger charge is -2.32. The molecule has 2 amide bonds. The maximum Gasteiger partial charge on any atom is 0.305 e. The highest BCUT2D eigenvalue weighted by Gasteiger charge is 2.39. The highest BCUT2D eigenvalue weighted by molar-refractivity contribution is 5.87. The number of carboxylic acids is 1. The average molecular weight is 269 g/mol. The third-order valence-electron chi connectivity index (χ3n) is 3.77. The summed E-state index contributed by atoms with van der Waals surface area (Å²) in [6, 6.07) is -0.482. The number of piperazine rings is 1. The third-order valence-corrected chi connectivity index (χ3v) is 3.77. The normalized spacial score (nSPS) is 25.7. The molecule has 1 saturated carbocycles. The number of hydrogen-bond donors (Lipinski definition) is 4. The predicted molar refractivity (Wildman–Crippen MR) is 66.4 cm³/mol. The van der Waals surface area contributed by atoms with E-state index in [0.29, 0.717) is 12.8 Å². The Morgan fingerprint density at radius 1 is 1.37 bits per heavy atom. The van der Waals surface area contributed by atoms with E-state index < -0.39 is 17.6 Å². The molecular formula is C12H19N3O4. The molecule has 1 saturated heterocycles. The molecule has 2 aliphatic rings. The van der Waals surface area contributed by atoms with E-state index in [4.69, 9.17) is 5.11 Å². The van der Waals surface area contributed by atoms with Gasteiger partial charge in [-0.15, -0.1) is 0 Å². The van der Waals surface area contributed by atoms with Crippen molar-refractivity contribution in [3.63, 3.8) is 0 Å². The fourth-order valence-corrected chi connectivity index (χ4v) is 2.79. The molecule has 0 aromatic rings. The number of carbonyl (C=O) groups is 3. The van der Waals surface area contributed by atoms with E-state index in [9.17, 15) is 14.4 Å². The summed E-state index contributed by atoms with van der Waals surface area (Å²) < 4.78 is 0. The van der Waals surface area contributed by atoms with Crippen LogP contribution in [0.4, 0.5) is 0 Å². The van der Waals surface area contributed by atoms with Crippen molar-refractivity contribution in [2.45, 2.75) is 43.7 Å². The van der Waals surface area contributed by atoms with Gasteiger partial charge in [0.1, 0.15) is 6.04 Å². The van der Waals surface area contributed by atoms with E-state index in [1.807, 2.05) is 0 Å². The second-order valence-electron chi connectivity index (χ2n) is 5.28.